The Balaban J connectivity index is 1.55. The quantitative estimate of drug-likeness (QED) is 0.882. The van der Waals surface area contributed by atoms with Crippen LogP contribution in [0.2, 0.25) is 0 Å². The summed E-state index contributed by atoms with van der Waals surface area (Å²) in [7, 11) is 1.92. The molecule has 2 amide bonds. The predicted molar refractivity (Wildman–Crippen MR) is 108 cm³/mol. The standard InChI is InChI=1S/C22H30N4O/c1-17-14-26(16-19-8-5-4-6-9-19)15-18(2)21(17)25(3)22(27)24-13-20-10-7-11-23-12-20/h4-12,17-18,21H,13-16H2,1-3H3,(H,24,27). The zero-order valence-electron chi connectivity index (χ0n) is 16.5. The molecule has 0 spiro atoms. The van der Waals surface area contributed by atoms with Crippen molar-refractivity contribution in [2.75, 3.05) is 20.1 Å². The van der Waals surface area contributed by atoms with Crippen molar-refractivity contribution in [2.45, 2.75) is 33.0 Å². The first-order valence-electron chi connectivity index (χ1n) is 9.70. The Kier molecular flexibility index (Phi) is 6.45. The van der Waals surface area contributed by atoms with Crippen molar-refractivity contribution in [2.24, 2.45) is 11.8 Å². The van der Waals surface area contributed by atoms with Gasteiger partial charge in [-0.2, -0.15) is 0 Å². The number of hydrogen-bond acceptors (Lipinski definition) is 3. The Morgan fingerprint density at radius 3 is 2.41 bits per heavy atom. The van der Waals surface area contributed by atoms with Crippen LogP contribution in [0.4, 0.5) is 4.79 Å². The molecule has 2 heterocycles. The third-order valence-corrected chi connectivity index (χ3v) is 5.44. The van der Waals surface area contributed by atoms with Gasteiger partial charge in [0.1, 0.15) is 0 Å². The van der Waals surface area contributed by atoms with Crippen molar-refractivity contribution in [1.82, 2.24) is 20.1 Å². The predicted octanol–water partition coefficient (Wildman–Crippen LogP) is 3.38. The van der Waals surface area contributed by atoms with Crippen LogP contribution >= 0.6 is 0 Å². The van der Waals surface area contributed by atoms with Gasteiger partial charge in [-0.3, -0.25) is 9.88 Å². The van der Waals surface area contributed by atoms with Crippen molar-refractivity contribution < 1.29 is 4.79 Å². The zero-order chi connectivity index (χ0) is 19.2. The molecule has 144 valence electrons. The lowest BCUT2D eigenvalue weighted by Crippen LogP contribution is -2.56. The van der Waals surface area contributed by atoms with Gasteiger partial charge in [-0.05, 0) is 29.0 Å². The van der Waals surface area contributed by atoms with Gasteiger partial charge >= 0.3 is 6.03 Å². The summed E-state index contributed by atoms with van der Waals surface area (Å²) >= 11 is 0. The number of rotatable bonds is 5. The number of carbonyl (C=O) groups excluding carboxylic acids is 1. The Bertz CT molecular complexity index is 710. The average molecular weight is 367 g/mol. The number of aromatic nitrogens is 1. The molecule has 0 radical (unpaired) electrons. The third kappa shape index (κ3) is 5.07. The fraction of sp³-hybridized carbons (Fsp3) is 0.455. The van der Waals surface area contributed by atoms with E-state index >= 15 is 0 Å². The molecular formula is C22H30N4O. The van der Waals surface area contributed by atoms with Gasteiger partial charge < -0.3 is 10.2 Å². The average Bonchev–Trinajstić information content (AvgIpc) is 2.67. The Morgan fingerprint density at radius 1 is 1.11 bits per heavy atom. The van der Waals surface area contributed by atoms with E-state index in [0.29, 0.717) is 18.4 Å². The Hall–Kier alpha value is -2.40. The lowest BCUT2D eigenvalue weighted by molar-refractivity contribution is 0.0479. The minimum absolute atomic E-state index is 0.0148. The number of nitrogens with one attached hydrogen (secondary N) is 1. The summed E-state index contributed by atoms with van der Waals surface area (Å²) in [5.41, 5.74) is 2.36. The number of nitrogens with zero attached hydrogens (tertiary/aromatic N) is 3. The van der Waals surface area contributed by atoms with Crippen LogP contribution in [-0.4, -0.2) is 47.0 Å². The Labute approximate surface area is 162 Å². The summed E-state index contributed by atoms with van der Waals surface area (Å²) in [5.74, 6) is 0.846. The number of benzene rings is 1. The summed E-state index contributed by atoms with van der Waals surface area (Å²) in [6.45, 7) is 7.99. The van der Waals surface area contributed by atoms with Crippen molar-refractivity contribution >= 4 is 6.03 Å². The molecule has 27 heavy (non-hydrogen) atoms. The molecule has 1 aliphatic rings. The van der Waals surface area contributed by atoms with Crippen LogP contribution in [-0.2, 0) is 13.1 Å². The molecule has 1 fully saturated rings. The van der Waals surface area contributed by atoms with E-state index < -0.39 is 0 Å². The maximum absolute atomic E-state index is 12.7. The summed E-state index contributed by atoms with van der Waals surface area (Å²) in [6.07, 6.45) is 3.53. The largest absolute Gasteiger partial charge is 0.334 e. The van der Waals surface area contributed by atoms with E-state index in [1.807, 2.05) is 24.1 Å². The van der Waals surface area contributed by atoms with E-state index in [0.717, 1.165) is 25.2 Å². The molecule has 2 aromatic rings. The van der Waals surface area contributed by atoms with Crippen LogP contribution < -0.4 is 5.32 Å². The molecule has 2 unspecified atom stereocenters. The fourth-order valence-corrected chi connectivity index (χ4v) is 4.34. The first kappa shape index (κ1) is 19.4. The molecule has 1 aliphatic heterocycles. The van der Waals surface area contributed by atoms with Gasteiger partial charge in [0.05, 0.1) is 0 Å². The van der Waals surface area contributed by atoms with E-state index in [2.05, 4.69) is 59.4 Å². The number of carbonyl (C=O) groups is 1. The first-order valence-corrected chi connectivity index (χ1v) is 9.70. The number of likely N-dealkylation sites (tertiary alicyclic amines) is 1. The molecule has 0 saturated carbocycles. The fourth-order valence-electron chi connectivity index (χ4n) is 4.34. The molecule has 5 heteroatoms. The highest BCUT2D eigenvalue weighted by Gasteiger charge is 2.36. The highest BCUT2D eigenvalue weighted by molar-refractivity contribution is 5.74. The van der Waals surface area contributed by atoms with E-state index in [1.165, 1.54) is 5.56 Å². The second kappa shape index (κ2) is 9.00. The van der Waals surface area contributed by atoms with Crippen LogP contribution in [0.25, 0.3) is 0 Å². The number of pyridine rings is 1. The second-order valence-corrected chi connectivity index (χ2v) is 7.76. The molecule has 5 nitrogen and oxygen atoms in total. The molecular weight excluding hydrogens is 336 g/mol. The second-order valence-electron chi connectivity index (χ2n) is 7.76. The number of piperidine rings is 1. The van der Waals surface area contributed by atoms with Gasteiger partial charge in [0, 0.05) is 51.7 Å². The van der Waals surface area contributed by atoms with Crippen LogP contribution in [0, 0.1) is 11.8 Å². The maximum atomic E-state index is 12.7. The van der Waals surface area contributed by atoms with Gasteiger partial charge in [-0.1, -0.05) is 50.2 Å². The molecule has 1 aromatic heterocycles. The summed E-state index contributed by atoms with van der Waals surface area (Å²) < 4.78 is 0. The lowest BCUT2D eigenvalue weighted by atomic mass is 9.84. The van der Waals surface area contributed by atoms with Gasteiger partial charge in [-0.25, -0.2) is 4.79 Å². The minimum atomic E-state index is -0.0148. The number of amides is 2. The van der Waals surface area contributed by atoms with Gasteiger partial charge in [-0.15, -0.1) is 0 Å². The summed E-state index contributed by atoms with van der Waals surface area (Å²) in [6, 6.07) is 14.7. The van der Waals surface area contributed by atoms with E-state index in [9.17, 15) is 4.79 Å². The zero-order valence-corrected chi connectivity index (χ0v) is 16.5. The molecule has 0 aliphatic carbocycles. The van der Waals surface area contributed by atoms with Crippen LogP contribution in [0.3, 0.4) is 0 Å². The SMILES string of the molecule is CC1CN(Cc2ccccc2)CC(C)C1N(C)C(=O)NCc1cccnc1. The molecule has 1 aromatic carbocycles. The van der Waals surface area contributed by atoms with Gasteiger partial charge in [0.25, 0.3) is 0 Å². The molecule has 1 N–H and O–H groups in total. The van der Waals surface area contributed by atoms with E-state index in [4.69, 9.17) is 0 Å². The molecule has 1 saturated heterocycles. The Morgan fingerprint density at radius 2 is 1.78 bits per heavy atom. The smallest absolute Gasteiger partial charge is 0.317 e. The van der Waals surface area contributed by atoms with E-state index in [-0.39, 0.29) is 12.1 Å². The maximum Gasteiger partial charge on any atom is 0.317 e. The topological polar surface area (TPSA) is 48.5 Å². The lowest BCUT2D eigenvalue weighted by Gasteiger charge is -2.45. The minimum Gasteiger partial charge on any atom is -0.334 e. The summed E-state index contributed by atoms with van der Waals surface area (Å²) in [4.78, 5) is 21.2. The summed E-state index contributed by atoms with van der Waals surface area (Å²) in [5, 5.41) is 3.02. The highest BCUT2D eigenvalue weighted by Crippen LogP contribution is 2.27. The van der Waals surface area contributed by atoms with Crippen LogP contribution in [0.15, 0.2) is 54.9 Å². The van der Waals surface area contributed by atoms with Crippen LogP contribution in [0.5, 0.6) is 0 Å². The van der Waals surface area contributed by atoms with E-state index in [1.54, 1.807) is 12.4 Å². The molecule has 0 bridgehead atoms. The van der Waals surface area contributed by atoms with Crippen LogP contribution in [0.1, 0.15) is 25.0 Å². The third-order valence-electron chi connectivity index (χ3n) is 5.44. The monoisotopic (exact) mass is 366 g/mol. The molecule has 2 atom stereocenters. The van der Waals surface area contributed by atoms with Crippen molar-refractivity contribution in [3.63, 3.8) is 0 Å². The van der Waals surface area contributed by atoms with Gasteiger partial charge in [0.2, 0.25) is 0 Å². The normalized spacial score (nSPS) is 23.0. The van der Waals surface area contributed by atoms with Crippen molar-refractivity contribution in [3.8, 4) is 0 Å². The van der Waals surface area contributed by atoms with Crippen molar-refractivity contribution in [1.29, 1.82) is 0 Å². The highest BCUT2D eigenvalue weighted by atomic mass is 16.2. The first-order chi connectivity index (χ1) is 13.0. The number of urea groups is 1. The number of hydrogen-bond donors (Lipinski definition) is 1. The van der Waals surface area contributed by atoms with Crippen molar-refractivity contribution in [3.05, 3.63) is 66.0 Å². The molecule has 3 rings (SSSR count). The van der Waals surface area contributed by atoms with Gasteiger partial charge in [0.15, 0.2) is 0 Å².